The van der Waals surface area contributed by atoms with Crippen LogP contribution >= 0.6 is 11.6 Å². The van der Waals surface area contributed by atoms with Gasteiger partial charge in [0.1, 0.15) is 17.2 Å². The van der Waals surface area contributed by atoms with Gasteiger partial charge in [-0.1, -0.05) is 29.8 Å². The van der Waals surface area contributed by atoms with E-state index in [4.69, 9.17) is 26.8 Å². The van der Waals surface area contributed by atoms with Gasteiger partial charge >= 0.3 is 0 Å². The first kappa shape index (κ1) is 21.2. The van der Waals surface area contributed by atoms with E-state index >= 15 is 0 Å². The fourth-order valence-corrected chi connectivity index (χ4v) is 4.42. The van der Waals surface area contributed by atoms with Gasteiger partial charge in [0, 0.05) is 59.3 Å². The van der Waals surface area contributed by atoms with Crippen LogP contribution in [0.4, 0.5) is 5.82 Å². The van der Waals surface area contributed by atoms with E-state index in [9.17, 15) is 4.79 Å². The van der Waals surface area contributed by atoms with Crippen molar-refractivity contribution in [2.24, 2.45) is 0 Å². The van der Waals surface area contributed by atoms with Gasteiger partial charge in [-0.3, -0.25) is 4.79 Å². The number of aromatic nitrogens is 3. The number of nitrogens with two attached hydrogens (primary N) is 1. The van der Waals surface area contributed by atoms with E-state index in [0.29, 0.717) is 53.7 Å². The second-order valence-electron chi connectivity index (χ2n) is 7.67. The number of para-hydroxylation sites is 1. The zero-order valence-corrected chi connectivity index (χ0v) is 18.7. The smallest absolute Gasteiger partial charge is 0.257 e. The predicted octanol–water partition coefficient (Wildman–Crippen LogP) is 4.01. The molecule has 0 aliphatic carbocycles. The highest BCUT2D eigenvalue weighted by Crippen LogP contribution is 2.41. The SMILES string of the molecule is COc1ccccc1-c1c[nH]c2ncc(-c3cnc(N)c(C(=O)N4CCOCC4)c3)c(Cl)c12. The quantitative estimate of drug-likeness (QED) is 0.473. The van der Waals surface area contributed by atoms with Crippen LogP contribution in [-0.2, 0) is 4.74 Å². The summed E-state index contributed by atoms with van der Waals surface area (Å²) in [6.07, 6.45) is 5.14. The van der Waals surface area contributed by atoms with Gasteiger partial charge < -0.3 is 25.1 Å². The van der Waals surface area contributed by atoms with E-state index in [1.165, 1.54) is 0 Å². The number of pyridine rings is 2. The number of methoxy groups -OCH3 is 1. The van der Waals surface area contributed by atoms with Crippen LogP contribution in [0.1, 0.15) is 10.4 Å². The molecule has 0 spiro atoms. The van der Waals surface area contributed by atoms with E-state index in [1.807, 2.05) is 30.5 Å². The second-order valence-corrected chi connectivity index (χ2v) is 8.05. The molecule has 0 atom stereocenters. The summed E-state index contributed by atoms with van der Waals surface area (Å²) in [4.78, 5) is 26.8. The van der Waals surface area contributed by atoms with Crippen molar-refractivity contribution in [2.75, 3.05) is 39.1 Å². The normalized spacial score (nSPS) is 13.9. The van der Waals surface area contributed by atoms with Gasteiger partial charge in [0.15, 0.2) is 0 Å². The zero-order valence-electron chi connectivity index (χ0n) is 18.0. The molecule has 1 aliphatic heterocycles. The summed E-state index contributed by atoms with van der Waals surface area (Å²) >= 11 is 6.92. The Balaban J connectivity index is 1.61. The molecule has 33 heavy (non-hydrogen) atoms. The number of ether oxygens (including phenoxy) is 2. The first-order chi connectivity index (χ1) is 16.1. The lowest BCUT2D eigenvalue weighted by atomic mass is 10.0. The van der Waals surface area contributed by atoms with E-state index in [1.54, 1.807) is 30.5 Å². The number of hydrogen-bond donors (Lipinski definition) is 2. The molecular weight excluding hydrogens is 442 g/mol. The third-order valence-electron chi connectivity index (χ3n) is 5.79. The number of carbonyl (C=O) groups excluding carboxylic acids is 1. The first-order valence-electron chi connectivity index (χ1n) is 10.5. The number of halogens is 1. The Morgan fingerprint density at radius 3 is 2.73 bits per heavy atom. The second kappa shape index (κ2) is 8.73. The molecule has 4 heterocycles. The Morgan fingerprint density at radius 1 is 1.15 bits per heavy atom. The van der Waals surface area contributed by atoms with Crippen LogP contribution in [0.15, 0.2) is 48.9 Å². The van der Waals surface area contributed by atoms with Crippen LogP contribution in [0.5, 0.6) is 5.75 Å². The number of morpholine rings is 1. The largest absolute Gasteiger partial charge is 0.496 e. The average Bonchev–Trinajstić information content (AvgIpc) is 3.30. The maximum Gasteiger partial charge on any atom is 0.257 e. The Bertz CT molecular complexity index is 1350. The molecule has 3 aromatic heterocycles. The standard InChI is InChI=1S/C24H22ClN5O3/c1-32-19-5-3-2-4-15(19)18-13-29-23-20(18)21(25)17(12-28-23)14-10-16(22(26)27-11-14)24(31)30-6-8-33-9-7-30/h2-5,10-13H,6-9H2,1H3,(H2,26,27)(H,28,29). The molecule has 1 saturated heterocycles. The molecule has 1 aromatic carbocycles. The molecule has 5 rings (SSSR count). The molecule has 1 aliphatic rings. The van der Waals surface area contributed by atoms with Crippen molar-refractivity contribution < 1.29 is 14.3 Å². The molecule has 168 valence electrons. The van der Waals surface area contributed by atoms with E-state index in [0.717, 1.165) is 22.3 Å². The lowest BCUT2D eigenvalue weighted by molar-refractivity contribution is 0.0303. The number of anilines is 1. The first-order valence-corrected chi connectivity index (χ1v) is 10.9. The number of amides is 1. The fraction of sp³-hybridized carbons (Fsp3) is 0.208. The molecular formula is C24H22ClN5O3. The van der Waals surface area contributed by atoms with Crippen molar-refractivity contribution in [3.05, 3.63) is 59.5 Å². The Kier molecular flexibility index (Phi) is 5.62. The molecule has 0 radical (unpaired) electrons. The third-order valence-corrected chi connectivity index (χ3v) is 6.19. The van der Waals surface area contributed by atoms with Crippen LogP contribution in [0.2, 0.25) is 5.02 Å². The van der Waals surface area contributed by atoms with Crippen molar-refractivity contribution in [1.82, 2.24) is 19.9 Å². The maximum atomic E-state index is 13.1. The van der Waals surface area contributed by atoms with Gasteiger partial charge in [-0.2, -0.15) is 0 Å². The molecule has 4 aromatic rings. The predicted molar refractivity (Wildman–Crippen MR) is 127 cm³/mol. The summed E-state index contributed by atoms with van der Waals surface area (Å²) in [5, 5.41) is 1.26. The van der Waals surface area contributed by atoms with Crippen LogP contribution < -0.4 is 10.5 Å². The number of fused-ring (bicyclic) bond motifs is 1. The lowest BCUT2D eigenvalue weighted by Crippen LogP contribution is -2.41. The highest BCUT2D eigenvalue weighted by Gasteiger charge is 2.23. The van der Waals surface area contributed by atoms with Crippen LogP contribution in [-0.4, -0.2) is 59.2 Å². The Labute approximate surface area is 195 Å². The maximum absolute atomic E-state index is 13.1. The highest BCUT2D eigenvalue weighted by atomic mass is 35.5. The van der Waals surface area contributed by atoms with Gasteiger partial charge in [-0.05, 0) is 12.1 Å². The Hall–Kier alpha value is -3.62. The molecule has 8 nitrogen and oxygen atoms in total. The van der Waals surface area contributed by atoms with Crippen molar-refractivity contribution in [1.29, 1.82) is 0 Å². The van der Waals surface area contributed by atoms with Gasteiger partial charge in [-0.15, -0.1) is 0 Å². The number of hydrogen-bond acceptors (Lipinski definition) is 6. The third kappa shape index (κ3) is 3.77. The number of nitrogens with one attached hydrogen (secondary N) is 1. The molecule has 3 N–H and O–H groups in total. The van der Waals surface area contributed by atoms with E-state index in [2.05, 4.69) is 15.0 Å². The van der Waals surface area contributed by atoms with Crippen LogP contribution in [0.25, 0.3) is 33.3 Å². The van der Waals surface area contributed by atoms with Crippen molar-refractivity contribution in [3.63, 3.8) is 0 Å². The summed E-state index contributed by atoms with van der Waals surface area (Å²) in [5.41, 5.74) is 10.1. The number of nitrogens with zero attached hydrogens (tertiary/aromatic N) is 3. The van der Waals surface area contributed by atoms with Crippen molar-refractivity contribution in [3.8, 4) is 28.0 Å². The Morgan fingerprint density at radius 2 is 1.94 bits per heavy atom. The van der Waals surface area contributed by atoms with Crippen LogP contribution in [0.3, 0.4) is 0 Å². The van der Waals surface area contributed by atoms with Gasteiger partial charge in [0.25, 0.3) is 5.91 Å². The number of rotatable bonds is 4. The summed E-state index contributed by atoms with van der Waals surface area (Å²) < 4.78 is 10.9. The molecule has 1 amide bonds. The number of carbonyl (C=O) groups is 1. The number of aromatic amines is 1. The average molecular weight is 464 g/mol. The number of H-pyrrole nitrogens is 1. The molecule has 0 unspecified atom stereocenters. The molecule has 9 heteroatoms. The van der Waals surface area contributed by atoms with Gasteiger partial charge in [-0.25, -0.2) is 9.97 Å². The highest BCUT2D eigenvalue weighted by molar-refractivity contribution is 6.39. The monoisotopic (exact) mass is 463 g/mol. The number of nitrogen functional groups attached to an aromatic ring is 1. The lowest BCUT2D eigenvalue weighted by Gasteiger charge is -2.27. The summed E-state index contributed by atoms with van der Waals surface area (Å²) in [6.45, 7) is 2.04. The van der Waals surface area contributed by atoms with Crippen molar-refractivity contribution >= 4 is 34.4 Å². The van der Waals surface area contributed by atoms with Crippen molar-refractivity contribution in [2.45, 2.75) is 0 Å². The van der Waals surface area contributed by atoms with E-state index < -0.39 is 0 Å². The van der Waals surface area contributed by atoms with E-state index in [-0.39, 0.29) is 11.7 Å². The summed E-state index contributed by atoms with van der Waals surface area (Å²) in [6, 6.07) is 9.44. The molecule has 0 bridgehead atoms. The minimum Gasteiger partial charge on any atom is -0.496 e. The topological polar surface area (TPSA) is 106 Å². The minimum absolute atomic E-state index is 0.174. The zero-order chi connectivity index (χ0) is 22.9. The molecule has 0 saturated carbocycles. The summed E-state index contributed by atoms with van der Waals surface area (Å²) in [7, 11) is 1.63. The summed E-state index contributed by atoms with van der Waals surface area (Å²) in [5.74, 6) is 0.732. The molecule has 1 fully saturated rings. The minimum atomic E-state index is -0.174. The number of benzene rings is 1. The van der Waals surface area contributed by atoms with Gasteiger partial charge in [0.2, 0.25) is 0 Å². The van der Waals surface area contributed by atoms with Crippen LogP contribution in [0, 0.1) is 0 Å². The fourth-order valence-electron chi connectivity index (χ4n) is 4.07. The van der Waals surface area contributed by atoms with Gasteiger partial charge in [0.05, 0.1) is 30.9 Å².